The number of aryl methyl sites for hydroxylation is 2. The molecule has 0 spiro atoms. The first kappa shape index (κ1) is 12.7. The predicted octanol–water partition coefficient (Wildman–Crippen LogP) is 2.52. The third-order valence-corrected chi connectivity index (χ3v) is 3.29. The number of para-hydroxylation sites is 2. The van der Waals surface area contributed by atoms with E-state index in [0.717, 1.165) is 40.3 Å². The van der Waals surface area contributed by atoms with Gasteiger partial charge >= 0.3 is 0 Å². The lowest BCUT2D eigenvalue weighted by atomic mass is 10.2. The summed E-state index contributed by atoms with van der Waals surface area (Å²) in [5.74, 6) is 0.861. The van der Waals surface area contributed by atoms with E-state index >= 15 is 0 Å². The molecule has 0 unspecified atom stereocenters. The van der Waals surface area contributed by atoms with Crippen LogP contribution in [0.15, 0.2) is 35.0 Å². The Hall–Kier alpha value is -2.27. The van der Waals surface area contributed by atoms with Crippen LogP contribution in [0.1, 0.15) is 22.7 Å². The van der Waals surface area contributed by atoms with E-state index in [2.05, 4.69) is 20.4 Å². The summed E-state index contributed by atoms with van der Waals surface area (Å²) in [4.78, 5) is 8.97. The normalized spacial score (nSPS) is 11.1. The van der Waals surface area contributed by atoms with E-state index in [1.165, 1.54) is 0 Å². The van der Waals surface area contributed by atoms with Gasteiger partial charge in [-0.3, -0.25) is 4.98 Å². The van der Waals surface area contributed by atoms with Gasteiger partial charge in [-0.25, -0.2) is 4.98 Å². The van der Waals surface area contributed by atoms with Gasteiger partial charge in [0, 0.05) is 18.7 Å². The molecule has 0 saturated carbocycles. The minimum absolute atomic E-state index is 0.669. The molecule has 0 bridgehead atoms. The second kappa shape index (κ2) is 5.38. The molecule has 0 amide bonds. The Morgan fingerprint density at radius 1 is 1.10 bits per heavy atom. The van der Waals surface area contributed by atoms with Crippen LogP contribution in [0, 0.1) is 13.8 Å². The van der Waals surface area contributed by atoms with Crippen molar-refractivity contribution in [3.05, 3.63) is 53.2 Å². The van der Waals surface area contributed by atoms with Crippen molar-refractivity contribution >= 4 is 11.0 Å². The second-order valence-electron chi connectivity index (χ2n) is 4.76. The first-order chi connectivity index (χ1) is 9.74. The van der Waals surface area contributed by atoms with Crippen LogP contribution in [0.2, 0.25) is 0 Å². The predicted molar refractivity (Wildman–Crippen MR) is 76.1 cm³/mol. The van der Waals surface area contributed by atoms with Crippen LogP contribution in [0.5, 0.6) is 0 Å². The van der Waals surface area contributed by atoms with Gasteiger partial charge in [0.15, 0.2) is 0 Å². The highest BCUT2D eigenvalue weighted by atomic mass is 16.5. The van der Waals surface area contributed by atoms with Crippen LogP contribution in [0.25, 0.3) is 11.0 Å². The lowest BCUT2D eigenvalue weighted by Crippen LogP contribution is -2.14. The summed E-state index contributed by atoms with van der Waals surface area (Å²) in [6.07, 6.45) is 1.81. The third kappa shape index (κ3) is 2.53. The van der Waals surface area contributed by atoms with Crippen LogP contribution in [-0.2, 0) is 13.1 Å². The Balaban J connectivity index is 1.68. The summed E-state index contributed by atoms with van der Waals surface area (Å²) >= 11 is 0. The van der Waals surface area contributed by atoms with Crippen LogP contribution in [0.4, 0.5) is 0 Å². The molecular weight excluding hydrogens is 252 g/mol. The van der Waals surface area contributed by atoms with Gasteiger partial charge in [-0.1, -0.05) is 17.3 Å². The summed E-state index contributed by atoms with van der Waals surface area (Å²) in [6, 6.07) is 7.87. The maximum atomic E-state index is 5.14. The number of benzene rings is 1. The molecule has 102 valence electrons. The highest BCUT2D eigenvalue weighted by Gasteiger charge is 2.08. The van der Waals surface area contributed by atoms with Crippen molar-refractivity contribution in [2.45, 2.75) is 26.9 Å². The Morgan fingerprint density at radius 3 is 2.65 bits per heavy atom. The number of hydrogen-bond acceptors (Lipinski definition) is 5. The van der Waals surface area contributed by atoms with Crippen molar-refractivity contribution in [3.63, 3.8) is 0 Å². The molecule has 1 N–H and O–H groups in total. The first-order valence-electron chi connectivity index (χ1n) is 6.57. The zero-order valence-corrected chi connectivity index (χ0v) is 11.6. The van der Waals surface area contributed by atoms with Crippen molar-refractivity contribution in [2.75, 3.05) is 0 Å². The fraction of sp³-hybridized carbons (Fsp3) is 0.267. The molecule has 5 nitrogen and oxygen atoms in total. The van der Waals surface area contributed by atoms with Gasteiger partial charge in [-0.2, -0.15) is 0 Å². The topological polar surface area (TPSA) is 63.8 Å². The Labute approximate surface area is 117 Å². The van der Waals surface area contributed by atoms with Gasteiger partial charge in [0.25, 0.3) is 0 Å². The molecular formula is C15H16N4O. The van der Waals surface area contributed by atoms with E-state index in [9.17, 15) is 0 Å². The molecule has 0 saturated heterocycles. The quantitative estimate of drug-likeness (QED) is 0.787. The number of fused-ring (bicyclic) bond motifs is 1. The molecule has 0 radical (unpaired) electrons. The fourth-order valence-electron chi connectivity index (χ4n) is 2.15. The zero-order chi connectivity index (χ0) is 13.9. The standard InChI is InChI=1S/C15H16N4O/c1-10-13(11(2)20-19-10)9-16-7-12-8-17-14-5-3-4-6-15(14)18-12/h3-6,8,16H,7,9H2,1-2H3. The van der Waals surface area contributed by atoms with E-state index in [1.54, 1.807) is 0 Å². The molecule has 0 aliphatic heterocycles. The van der Waals surface area contributed by atoms with Crippen LogP contribution >= 0.6 is 0 Å². The van der Waals surface area contributed by atoms with E-state index in [4.69, 9.17) is 4.52 Å². The lowest BCUT2D eigenvalue weighted by molar-refractivity contribution is 0.392. The lowest BCUT2D eigenvalue weighted by Gasteiger charge is -2.05. The van der Waals surface area contributed by atoms with Crippen molar-refractivity contribution in [1.82, 2.24) is 20.4 Å². The molecule has 3 aromatic rings. The van der Waals surface area contributed by atoms with E-state index in [1.807, 2.05) is 44.3 Å². The number of rotatable bonds is 4. The van der Waals surface area contributed by atoms with Gasteiger partial charge in [0.1, 0.15) is 5.76 Å². The summed E-state index contributed by atoms with van der Waals surface area (Å²) in [6.45, 7) is 5.26. The van der Waals surface area contributed by atoms with Gasteiger partial charge in [0.05, 0.1) is 28.6 Å². The second-order valence-corrected chi connectivity index (χ2v) is 4.76. The molecule has 0 aliphatic rings. The maximum absolute atomic E-state index is 5.14. The average molecular weight is 268 g/mol. The van der Waals surface area contributed by atoms with Gasteiger partial charge < -0.3 is 9.84 Å². The Kier molecular flexibility index (Phi) is 3.43. The van der Waals surface area contributed by atoms with Crippen LogP contribution in [0.3, 0.4) is 0 Å². The summed E-state index contributed by atoms with van der Waals surface area (Å²) in [7, 11) is 0. The molecule has 1 aromatic carbocycles. The Bertz CT molecular complexity index is 716. The minimum Gasteiger partial charge on any atom is -0.361 e. The van der Waals surface area contributed by atoms with Crippen molar-refractivity contribution in [3.8, 4) is 0 Å². The highest BCUT2D eigenvalue weighted by molar-refractivity contribution is 5.73. The summed E-state index contributed by atoms with van der Waals surface area (Å²) < 4.78 is 5.14. The third-order valence-electron chi connectivity index (χ3n) is 3.29. The van der Waals surface area contributed by atoms with Gasteiger partial charge in [-0.15, -0.1) is 0 Å². The summed E-state index contributed by atoms with van der Waals surface area (Å²) in [5, 5.41) is 7.29. The van der Waals surface area contributed by atoms with Crippen molar-refractivity contribution in [1.29, 1.82) is 0 Å². The van der Waals surface area contributed by atoms with Crippen molar-refractivity contribution in [2.24, 2.45) is 0 Å². The number of nitrogens with one attached hydrogen (secondary N) is 1. The molecule has 3 rings (SSSR count). The zero-order valence-electron chi connectivity index (χ0n) is 11.6. The Morgan fingerprint density at radius 2 is 1.90 bits per heavy atom. The van der Waals surface area contributed by atoms with Crippen LogP contribution in [-0.4, -0.2) is 15.1 Å². The molecule has 0 fully saturated rings. The van der Waals surface area contributed by atoms with Crippen molar-refractivity contribution < 1.29 is 4.52 Å². The SMILES string of the molecule is Cc1noc(C)c1CNCc1cnc2ccccc2n1. The number of nitrogens with zero attached hydrogens (tertiary/aromatic N) is 3. The molecule has 0 aliphatic carbocycles. The molecule has 2 aromatic heterocycles. The van der Waals surface area contributed by atoms with Crippen LogP contribution < -0.4 is 5.32 Å². The largest absolute Gasteiger partial charge is 0.361 e. The first-order valence-corrected chi connectivity index (χ1v) is 6.57. The summed E-state index contributed by atoms with van der Waals surface area (Å²) in [5.41, 5.74) is 4.81. The fourth-order valence-corrected chi connectivity index (χ4v) is 2.15. The van der Waals surface area contributed by atoms with E-state index in [0.29, 0.717) is 6.54 Å². The van der Waals surface area contributed by atoms with Gasteiger partial charge in [-0.05, 0) is 26.0 Å². The monoisotopic (exact) mass is 268 g/mol. The molecule has 5 heteroatoms. The van der Waals surface area contributed by atoms with E-state index < -0.39 is 0 Å². The average Bonchev–Trinajstić information content (AvgIpc) is 2.79. The molecule has 2 heterocycles. The van der Waals surface area contributed by atoms with E-state index in [-0.39, 0.29) is 0 Å². The smallest absolute Gasteiger partial charge is 0.138 e. The minimum atomic E-state index is 0.669. The maximum Gasteiger partial charge on any atom is 0.138 e. The molecule has 20 heavy (non-hydrogen) atoms. The number of hydrogen-bond donors (Lipinski definition) is 1. The molecule has 0 atom stereocenters. The number of aromatic nitrogens is 3. The van der Waals surface area contributed by atoms with Gasteiger partial charge in [0.2, 0.25) is 0 Å². The highest BCUT2D eigenvalue weighted by Crippen LogP contribution is 2.12.